The third-order valence-corrected chi connectivity index (χ3v) is 6.34. The molecule has 2 aromatic carbocycles. The van der Waals surface area contributed by atoms with Crippen molar-refractivity contribution in [3.8, 4) is 0 Å². The van der Waals surface area contributed by atoms with Gasteiger partial charge in [-0.1, -0.05) is 18.2 Å². The second kappa shape index (κ2) is 8.16. The van der Waals surface area contributed by atoms with Crippen molar-refractivity contribution >= 4 is 46.3 Å². The van der Waals surface area contributed by atoms with Crippen LogP contribution in [0.15, 0.2) is 70.9 Å². The molecule has 0 unspecified atom stereocenters. The van der Waals surface area contributed by atoms with Gasteiger partial charge >= 0.3 is 0 Å². The summed E-state index contributed by atoms with van der Waals surface area (Å²) in [5.41, 5.74) is 1.36. The van der Waals surface area contributed by atoms with Crippen LogP contribution in [0, 0.1) is 5.82 Å². The number of carbonyl (C=O) groups excluding carboxylic acids is 2. The molecule has 0 aliphatic carbocycles. The number of fused-ring (bicyclic) bond motifs is 1. The van der Waals surface area contributed by atoms with E-state index in [1.807, 2.05) is 41.8 Å². The van der Waals surface area contributed by atoms with Gasteiger partial charge in [-0.2, -0.15) is 0 Å². The number of anilines is 2. The summed E-state index contributed by atoms with van der Waals surface area (Å²) < 4.78 is 13.4. The summed E-state index contributed by atoms with van der Waals surface area (Å²) in [6.07, 6.45) is 0. The Morgan fingerprint density at radius 2 is 1.86 bits per heavy atom. The van der Waals surface area contributed by atoms with Crippen molar-refractivity contribution in [1.82, 2.24) is 0 Å². The number of amides is 2. The molecule has 7 heteroatoms. The van der Waals surface area contributed by atoms with Crippen LogP contribution >= 0.6 is 23.1 Å². The summed E-state index contributed by atoms with van der Waals surface area (Å²) in [6.45, 7) is 0.319. The molecular weight excluding hydrogens is 395 g/mol. The zero-order valence-electron chi connectivity index (χ0n) is 14.9. The lowest BCUT2D eigenvalue weighted by Crippen LogP contribution is -2.45. The smallest absolute Gasteiger partial charge is 0.247 e. The number of para-hydroxylation sites is 1. The molecule has 1 aliphatic heterocycles. The van der Waals surface area contributed by atoms with Gasteiger partial charge in [-0.25, -0.2) is 4.39 Å². The Hall–Kier alpha value is -2.64. The highest BCUT2D eigenvalue weighted by atomic mass is 32.2. The molecule has 2 amide bonds. The molecule has 0 radical (unpaired) electrons. The fraction of sp³-hybridized carbons (Fsp3) is 0.143. The summed E-state index contributed by atoms with van der Waals surface area (Å²) in [4.78, 5) is 30.9. The molecule has 0 atom stereocenters. The molecule has 0 fully saturated rings. The molecule has 0 bridgehead atoms. The molecule has 4 rings (SSSR count). The average molecular weight is 413 g/mol. The van der Waals surface area contributed by atoms with Gasteiger partial charge < -0.3 is 9.80 Å². The van der Waals surface area contributed by atoms with Crippen LogP contribution in [0.5, 0.6) is 0 Å². The minimum absolute atomic E-state index is 0.0564. The standard InChI is InChI=1S/C21H17FN2O2S2/c22-15-7-9-16(10-8-15)23(12-17-4-3-11-27-17)20(25)13-24-18-5-1-2-6-19(18)28-14-21(24)26/h1-11H,12-14H2. The minimum atomic E-state index is -0.357. The predicted octanol–water partition coefficient (Wildman–Crippen LogP) is 4.56. The Bertz CT molecular complexity index is 990. The number of rotatable bonds is 5. The van der Waals surface area contributed by atoms with E-state index in [1.54, 1.807) is 33.3 Å². The second-order valence-corrected chi connectivity index (χ2v) is 8.32. The van der Waals surface area contributed by atoms with Crippen molar-refractivity contribution in [2.24, 2.45) is 0 Å². The van der Waals surface area contributed by atoms with E-state index in [2.05, 4.69) is 0 Å². The second-order valence-electron chi connectivity index (χ2n) is 6.27. The third kappa shape index (κ3) is 3.95. The number of halogens is 1. The predicted molar refractivity (Wildman–Crippen MR) is 111 cm³/mol. The van der Waals surface area contributed by atoms with Crippen molar-refractivity contribution in [3.05, 3.63) is 76.7 Å². The maximum Gasteiger partial charge on any atom is 0.247 e. The topological polar surface area (TPSA) is 40.6 Å². The van der Waals surface area contributed by atoms with Gasteiger partial charge in [0.25, 0.3) is 0 Å². The van der Waals surface area contributed by atoms with Crippen molar-refractivity contribution < 1.29 is 14.0 Å². The molecule has 142 valence electrons. The molecule has 2 heterocycles. The number of hydrogen-bond donors (Lipinski definition) is 0. The number of thioether (sulfide) groups is 1. The Kier molecular flexibility index (Phi) is 5.45. The van der Waals surface area contributed by atoms with E-state index in [0.29, 0.717) is 18.0 Å². The fourth-order valence-corrected chi connectivity index (χ4v) is 4.68. The molecule has 0 spiro atoms. The van der Waals surface area contributed by atoms with Gasteiger partial charge in [0.2, 0.25) is 11.8 Å². The lowest BCUT2D eigenvalue weighted by Gasteiger charge is -2.31. The van der Waals surface area contributed by atoms with Crippen LogP contribution in [0.25, 0.3) is 0 Å². The zero-order valence-corrected chi connectivity index (χ0v) is 16.5. The van der Waals surface area contributed by atoms with E-state index < -0.39 is 0 Å². The summed E-state index contributed by atoms with van der Waals surface area (Å²) in [6, 6.07) is 17.3. The maximum atomic E-state index is 13.4. The van der Waals surface area contributed by atoms with E-state index >= 15 is 0 Å². The monoisotopic (exact) mass is 412 g/mol. The normalized spacial score (nSPS) is 13.3. The van der Waals surface area contributed by atoms with Crippen LogP contribution in [-0.2, 0) is 16.1 Å². The third-order valence-electron chi connectivity index (χ3n) is 4.44. The summed E-state index contributed by atoms with van der Waals surface area (Å²) in [5.74, 6) is -0.349. The van der Waals surface area contributed by atoms with Crippen molar-refractivity contribution in [3.63, 3.8) is 0 Å². The van der Waals surface area contributed by atoms with Crippen LogP contribution in [0.4, 0.5) is 15.8 Å². The molecule has 1 aromatic heterocycles. The summed E-state index contributed by atoms with van der Waals surface area (Å²) >= 11 is 3.03. The Morgan fingerprint density at radius 1 is 1.07 bits per heavy atom. The van der Waals surface area contributed by atoms with Gasteiger partial charge in [0.15, 0.2) is 0 Å². The first kappa shape index (κ1) is 18.7. The van der Waals surface area contributed by atoms with Gasteiger partial charge in [-0.3, -0.25) is 9.59 Å². The van der Waals surface area contributed by atoms with Crippen LogP contribution in [0.3, 0.4) is 0 Å². The lowest BCUT2D eigenvalue weighted by molar-refractivity contribution is -0.121. The van der Waals surface area contributed by atoms with E-state index in [0.717, 1.165) is 15.5 Å². The first-order valence-electron chi connectivity index (χ1n) is 8.72. The number of hydrogen-bond acceptors (Lipinski definition) is 4. The Morgan fingerprint density at radius 3 is 2.61 bits per heavy atom. The van der Waals surface area contributed by atoms with E-state index in [9.17, 15) is 14.0 Å². The van der Waals surface area contributed by atoms with E-state index in [4.69, 9.17) is 0 Å². The van der Waals surface area contributed by atoms with Crippen molar-refractivity contribution in [2.45, 2.75) is 11.4 Å². The molecule has 28 heavy (non-hydrogen) atoms. The molecular formula is C21H17FN2O2S2. The van der Waals surface area contributed by atoms with Crippen LogP contribution < -0.4 is 9.80 Å². The molecule has 0 saturated heterocycles. The zero-order chi connectivity index (χ0) is 19.5. The van der Waals surface area contributed by atoms with E-state index in [1.165, 1.54) is 23.9 Å². The highest BCUT2D eigenvalue weighted by molar-refractivity contribution is 8.00. The van der Waals surface area contributed by atoms with Crippen LogP contribution in [0.2, 0.25) is 0 Å². The maximum absolute atomic E-state index is 13.4. The molecule has 0 saturated carbocycles. The highest BCUT2D eigenvalue weighted by Crippen LogP contribution is 2.35. The van der Waals surface area contributed by atoms with E-state index in [-0.39, 0.29) is 24.2 Å². The molecule has 0 N–H and O–H groups in total. The summed E-state index contributed by atoms with van der Waals surface area (Å²) in [5, 5.41) is 1.95. The number of carbonyl (C=O) groups is 2. The SMILES string of the molecule is O=C(CN1C(=O)CSc2ccccc21)N(Cc1cccs1)c1ccc(F)cc1. The number of benzene rings is 2. The quantitative estimate of drug-likeness (QED) is 0.617. The molecule has 4 nitrogen and oxygen atoms in total. The Balaban J connectivity index is 1.62. The van der Waals surface area contributed by atoms with Gasteiger partial charge in [0, 0.05) is 15.5 Å². The minimum Gasteiger partial charge on any atom is -0.306 e. The summed E-state index contributed by atoms with van der Waals surface area (Å²) in [7, 11) is 0. The first-order chi connectivity index (χ1) is 13.6. The van der Waals surface area contributed by atoms with Gasteiger partial charge in [0.05, 0.1) is 18.0 Å². The largest absolute Gasteiger partial charge is 0.306 e. The Labute approximate surface area is 170 Å². The van der Waals surface area contributed by atoms with Crippen molar-refractivity contribution in [2.75, 3.05) is 22.1 Å². The highest BCUT2D eigenvalue weighted by Gasteiger charge is 2.28. The fourth-order valence-electron chi connectivity index (χ4n) is 3.05. The lowest BCUT2D eigenvalue weighted by atomic mass is 10.2. The van der Waals surface area contributed by atoms with Crippen molar-refractivity contribution in [1.29, 1.82) is 0 Å². The number of nitrogens with zero attached hydrogens (tertiary/aromatic N) is 2. The first-order valence-corrected chi connectivity index (χ1v) is 10.6. The van der Waals surface area contributed by atoms with Crippen LogP contribution in [0.1, 0.15) is 4.88 Å². The number of thiophene rings is 1. The van der Waals surface area contributed by atoms with Crippen LogP contribution in [-0.4, -0.2) is 24.1 Å². The van der Waals surface area contributed by atoms with Gasteiger partial charge in [-0.05, 0) is 47.8 Å². The molecule has 3 aromatic rings. The van der Waals surface area contributed by atoms with Gasteiger partial charge in [-0.15, -0.1) is 23.1 Å². The van der Waals surface area contributed by atoms with Gasteiger partial charge in [0.1, 0.15) is 12.4 Å². The molecule has 1 aliphatic rings. The average Bonchev–Trinajstić information content (AvgIpc) is 3.22.